The number of amides is 2. The van der Waals surface area contributed by atoms with Crippen LogP contribution >= 0.6 is 0 Å². The van der Waals surface area contributed by atoms with E-state index < -0.39 is 47.8 Å². The Hall–Kier alpha value is -4.27. The predicted octanol–water partition coefficient (Wildman–Crippen LogP) is 3.00. The molecule has 38 heavy (non-hydrogen) atoms. The van der Waals surface area contributed by atoms with Gasteiger partial charge in [-0.1, -0.05) is 84.9 Å². The summed E-state index contributed by atoms with van der Waals surface area (Å²) in [5.41, 5.74) is 0.671. The van der Waals surface area contributed by atoms with E-state index in [1.165, 1.54) is 0 Å². The summed E-state index contributed by atoms with van der Waals surface area (Å²) in [7, 11) is 0. The summed E-state index contributed by atoms with van der Waals surface area (Å²) in [6.45, 7) is -0.775. The van der Waals surface area contributed by atoms with Crippen molar-refractivity contribution in [2.24, 2.45) is 11.8 Å². The predicted molar refractivity (Wildman–Crippen MR) is 141 cm³/mol. The van der Waals surface area contributed by atoms with Crippen molar-refractivity contribution in [3.63, 3.8) is 0 Å². The van der Waals surface area contributed by atoms with E-state index in [9.17, 15) is 24.6 Å². The summed E-state index contributed by atoms with van der Waals surface area (Å²) in [4.78, 5) is 40.3. The fraction of sp³-hybridized carbons (Fsp3) is 0.233. The Bertz CT molecular complexity index is 1340. The van der Waals surface area contributed by atoms with Crippen LogP contribution in [0, 0.1) is 11.8 Å². The molecule has 3 N–H and O–H groups in total. The number of carboxylic acids is 1. The number of hydrogen-bond acceptors (Lipinski definition) is 6. The molecule has 2 heterocycles. The Kier molecular flexibility index (Phi) is 7.09. The molecule has 0 aromatic heterocycles. The lowest BCUT2D eigenvalue weighted by Crippen LogP contribution is -2.58. The maximum atomic E-state index is 13.5. The first kappa shape index (κ1) is 25.4. The lowest BCUT2D eigenvalue weighted by atomic mass is 9.79. The summed E-state index contributed by atoms with van der Waals surface area (Å²) >= 11 is 0. The van der Waals surface area contributed by atoms with Crippen LogP contribution in [0.1, 0.15) is 22.7 Å². The van der Waals surface area contributed by atoms with E-state index in [4.69, 9.17) is 4.74 Å². The molecule has 3 aromatic carbocycles. The SMILES string of the molecule is O=C1C2C(c3ccc(/C=C/c4ccccc4)cc3)NC(CO)(C(=O)O)C2C(=O)N1CCOc1ccccc1. The number of benzene rings is 3. The Labute approximate surface area is 220 Å². The van der Waals surface area contributed by atoms with E-state index in [-0.39, 0.29) is 13.2 Å². The zero-order valence-electron chi connectivity index (χ0n) is 20.6. The highest BCUT2D eigenvalue weighted by Crippen LogP contribution is 2.48. The fourth-order valence-corrected chi connectivity index (χ4v) is 5.32. The third kappa shape index (κ3) is 4.60. The van der Waals surface area contributed by atoms with Gasteiger partial charge in [0.15, 0.2) is 5.54 Å². The van der Waals surface area contributed by atoms with Crippen molar-refractivity contribution < 1.29 is 29.3 Å². The smallest absolute Gasteiger partial charge is 0.327 e. The monoisotopic (exact) mass is 512 g/mol. The van der Waals surface area contributed by atoms with E-state index in [1.807, 2.05) is 84.9 Å². The van der Waals surface area contributed by atoms with Gasteiger partial charge in [-0.3, -0.25) is 24.6 Å². The minimum atomic E-state index is -1.97. The van der Waals surface area contributed by atoms with E-state index >= 15 is 0 Å². The number of fused-ring (bicyclic) bond motifs is 1. The number of nitrogens with one attached hydrogen (secondary N) is 1. The molecule has 3 aromatic rings. The van der Waals surface area contributed by atoms with E-state index in [1.54, 1.807) is 12.1 Å². The number of para-hydroxylation sites is 1. The molecule has 4 unspecified atom stereocenters. The molecule has 8 heteroatoms. The number of carboxylic acid groups (broad SMARTS) is 1. The van der Waals surface area contributed by atoms with Crippen molar-refractivity contribution in [1.82, 2.24) is 10.2 Å². The van der Waals surface area contributed by atoms with Gasteiger partial charge in [0.05, 0.1) is 25.0 Å². The lowest BCUT2D eigenvalue weighted by Gasteiger charge is -2.29. The number of nitrogens with zero attached hydrogens (tertiary/aromatic N) is 1. The van der Waals surface area contributed by atoms with Gasteiger partial charge in [0.2, 0.25) is 11.8 Å². The zero-order valence-corrected chi connectivity index (χ0v) is 20.6. The third-order valence-electron chi connectivity index (χ3n) is 7.27. The molecule has 0 aliphatic carbocycles. The average Bonchev–Trinajstić information content (AvgIpc) is 3.43. The summed E-state index contributed by atoms with van der Waals surface area (Å²) in [6.07, 6.45) is 3.94. The van der Waals surface area contributed by atoms with Gasteiger partial charge < -0.3 is 14.9 Å². The van der Waals surface area contributed by atoms with E-state index in [0.29, 0.717) is 11.3 Å². The number of aliphatic hydroxyl groups excluding tert-OH is 1. The number of hydrogen-bond donors (Lipinski definition) is 3. The number of rotatable bonds is 9. The number of aliphatic carboxylic acids is 1. The molecule has 2 saturated heterocycles. The van der Waals surface area contributed by atoms with Gasteiger partial charge >= 0.3 is 5.97 Å². The first-order valence-corrected chi connectivity index (χ1v) is 12.4. The standard InChI is InChI=1S/C30H28N2O6/c33-19-30(29(36)37)25-24(27(34)32(28(25)35)17-18-38-23-9-5-2-6-10-23)26(31-30)22-15-13-21(14-16-22)12-11-20-7-3-1-4-8-20/h1-16,24-26,31,33H,17-19H2,(H,36,37)/b12-11+. The van der Waals surface area contributed by atoms with Crippen LogP contribution in [-0.2, 0) is 14.4 Å². The van der Waals surface area contributed by atoms with Gasteiger partial charge in [-0.25, -0.2) is 0 Å². The molecule has 0 bridgehead atoms. The Morgan fingerprint density at radius 1 is 0.895 bits per heavy atom. The maximum absolute atomic E-state index is 13.5. The van der Waals surface area contributed by atoms with Gasteiger partial charge in [0.1, 0.15) is 12.4 Å². The molecular formula is C30H28N2O6. The van der Waals surface area contributed by atoms with Crippen molar-refractivity contribution in [1.29, 1.82) is 0 Å². The number of aliphatic hydroxyl groups is 1. The zero-order chi connectivity index (χ0) is 26.7. The van der Waals surface area contributed by atoms with Gasteiger partial charge in [-0.05, 0) is 28.8 Å². The Morgan fingerprint density at radius 2 is 1.50 bits per heavy atom. The molecule has 5 rings (SSSR count). The first-order chi connectivity index (χ1) is 18.4. The van der Waals surface area contributed by atoms with Crippen molar-refractivity contribution in [2.45, 2.75) is 11.6 Å². The van der Waals surface area contributed by atoms with Crippen molar-refractivity contribution in [2.75, 3.05) is 19.8 Å². The van der Waals surface area contributed by atoms with Gasteiger partial charge in [-0.2, -0.15) is 0 Å². The summed E-state index contributed by atoms with van der Waals surface area (Å²) in [5.74, 6) is -4.07. The van der Waals surface area contributed by atoms with Gasteiger partial charge in [0.25, 0.3) is 0 Å². The van der Waals surface area contributed by atoms with Crippen LogP contribution in [0.15, 0.2) is 84.9 Å². The van der Waals surface area contributed by atoms with Crippen molar-refractivity contribution in [3.8, 4) is 5.75 Å². The summed E-state index contributed by atoms with van der Waals surface area (Å²) in [6, 6.07) is 25.5. The minimum absolute atomic E-state index is 0.0172. The van der Waals surface area contributed by atoms with Crippen molar-refractivity contribution in [3.05, 3.63) is 102 Å². The Morgan fingerprint density at radius 3 is 2.11 bits per heavy atom. The van der Waals surface area contributed by atoms with Crippen molar-refractivity contribution >= 4 is 29.9 Å². The molecule has 0 radical (unpaired) electrons. The molecule has 0 spiro atoms. The van der Waals surface area contributed by atoms with E-state index in [2.05, 4.69) is 5.32 Å². The molecule has 4 atom stereocenters. The lowest BCUT2D eigenvalue weighted by molar-refractivity contribution is -0.153. The molecule has 2 amide bonds. The minimum Gasteiger partial charge on any atom is -0.492 e. The van der Waals surface area contributed by atoms with Gasteiger partial charge in [0, 0.05) is 6.04 Å². The Balaban J connectivity index is 1.38. The molecule has 2 aliphatic heterocycles. The second-order valence-corrected chi connectivity index (χ2v) is 9.46. The quantitative estimate of drug-likeness (QED) is 0.298. The van der Waals surface area contributed by atoms with Crippen LogP contribution < -0.4 is 10.1 Å². The average molecular weight is 513 g/mol. The fourth-order valence-electron chi connectivity index (χ4n) is 5.32. The molecule has 0 saturated carbocycles. The second kappa shape index (κ2) is 10.6. The summed E-state index contributed by atoms with van der Waals surface area (Å²) < 4.78 is 5.66. The van der Waals surface area contributed by atoms with Crippen LogP contribution in [0.4, 0.5) is 0 Å². The number of ether oxygens (including phenoxy) is 1. The first-order valence-electron chi connectivity index (χ1n) is 12.4. The highest BCUT2D eigenvalue weighted by molar-refractivity contribution is 6.09. The van der Waals surface area contributed by atoms with Crippen LogP contribution in [0.3, 0.4) is 0 Å². The largest absolute Gasteiger partial charge is 0.492 e. The van der Waals surface area contributed by atoms with Crippen LogP contribution in [-0.4, -0.2) is 58.2 Å². The van der Waals surface area contributed by atoms with Crippen LogP contribution in [0.5, 0.6) is 5.75 Å². The van der Waals surface area contributed by atoms with Crippen LogP contribution in [0.2, 0.25) is 0 Å². The van der Waals surface area contributed by atoms with Crippen LogP contribution in [0.25, 0.3) is 12.2 Å². The molecule has 2 aliphatic rings. The normalized spacial score (nSPS) is 24.7. The second-order valence-electron chi connectivity index (χ2n) is 9.46. The number of likely N-dealkylation sites (tertiary alicyclic amines) is 1. The molecule has 8 nitrogen and oxygen atoms in total. The third-order valence-corrected chi connectivity index (χ3v) is 7.27. The van der Waals surface area contributed by atoms with Gasteiger partial charge in [-0.15, -0.1) is 0 Å². The summed E-state index contributed by atoms with van der Waals surface area (Å²) in [5, 5.41) is 23.2. The molecule has 2 fully saturated rings. The molecule has 194 valence electrons. The number of imide groups is 1. The highest BCUT2D eigenvalue weighted by atomic mass is 16.5. The van der Waals surface area contributed by atoms with E-state index in [0.717, 1.165) is 16.0 Å². The number of carbonyl (C=O) groups is 3. The highest BCUT2D eigenvalue weighted by Gasteiger charge is 2.68. The topological polar surface area (TPSA) is 116 Å². The maximum Gasteiger partial charge on any atom is 0.327 e. The molecular weight excluding hydrogens is 484 g/mol. The number of carbonyl (C=O) groups excluding carboxylic acids is 2.